The molecule has 0 amide bonds. The standard InChI is InChI=1S/C21H19NO5/c1-25-19(23)16-17(20(24)26-2)21(13-22,15-11-7-4-8-12-15)27-18(16)14-9-5-3-6-10-14/h3-12,16-18H,1-2H3/t16-,17+,18-,21-/m0/s1. The molecule has 1 fully saturated rings. The van der Waals surface area contributed by atoms with Gasteiger partial charge in [-0.05, 0) is 11.1 Å². The van der Waals surface area contributed by atoms with Crippen LogP contribution in [-0.4, -0.2) is 26.2 Å². The molecule has 0 bridgehead atoms. The molecule has 6 nitrogen and oxygen atoms in total. The second-order valence-electron chi connectivity index (χ2n) is 6.21. The monoisotopic (exact) mass is 365 g/mol. The van der Waals surface area contributed by atoms with Gasteiger partial charge in [0.1, 0.15) is 17.9 Å². The largest absolute Gasteiger partial charge is 0.469 e. The van der Waals surface area contributed by atoms with E-state index in [0.717, 1.165) is 0 Å². The van der Waals surface area contributed by atoms with Gasteiger partial charge in [0.05, 0.1) is 20.3 Å². The fourth-order valence-corrected chi connectivity index (χ4v) is 3.62. The predicted molar refractivity (Wildman–Crippen MR) is 95.0 cm³/mol. The molecule has 3 rings (SSSR count). The zero-order chi connectivity index (χ0) is 19.4. The van der Waals surface area contributed by atoms with Gasteiger partial charge in [-0.15, -0.1) is 0 Å². The van der Waals surface area contributed by atoms with Crippen LogP contribution in [0.3, 0.4) is 0 Å². The van der Waals surface area contributed by atoms with E-state index in [4.69, 9.17) is 14.2 Å². The van der Waals surface area contributed by atoms with E-state index in [1.54, 1.807) is 54.6 Å². The Morgan fingerprint density at radius 1 is 0.963 bits per heavy atom. The number of carbonyl (C=O) groups excluding carboxylic acids is 2. The SMILES string of the molecule is COC(=O)[C@@H]1[C@H](c2ccccc2)O[C@@](C#N)(c2ccccc2)[C@H]1C(=O)OC. The van der Waals surface area contributed by atoms with Gasteiger partial charge in [0.15, 0.2) is 5.60 Å². The van der Waals surface area contributed by atoms with E-state index in [1.807, 2.05) is 6.07 Å². The highest BCUT2D eigenvalue weighted by Gasteiger charge is 2.63. The lowest BCUT2D eigenvalue weighted by Crippen LogP contribution is -2.41. The first-order valence-corrected chi connectivity index (χ1v) is 8.44. The molecule has 2 aromatic rings. The summed E-state index contributed by atoms with van der Waals surface area (Å²) in [6.45, 7) is 0. The zero-order valence-corrected chi connectivity index (χ0v) is 15.0. The van der Waals surface area contributed by atoms with Crippen LogP contribution >= 0.6 is 0 Å². The molecular formula is C21H19NO5. The third kappa shape index (κ3) is 3.07. The number of hydrogen-bond donors (Lipinski definition) is 0. The Balaban J connectivity index is 2.23. The van der Waals surface area contributed by atoms with Crippen molar-refractivity contribution in [3.8, 4) is 6.07 Å². The third-order valence-electron chi connectivity index (χ3n) is 4.86. The van der Waals surface area contributed by atoms with Crippen LogP contribution in [0.4, 0.5) is 0 Å². The molecule has 0 spiro atoms. The van der Waals surface area contributed by atoms with Crippen LogP contribution < -0.4 is 0 Å². The smallest absolute Gasteiger partial charge is 0.314 e. The first-order chi connectivity index (χ1) is 13.1. The maximum atomic E-state index is 12.7. The topological polar surface area (TPSA) is 85.6 Å². The number of hydrogen-bond acceptors (Lipinski definition) is 6. The molecule has 0 aliphatic carbocycles. The first kappa shape index (κ1) is 18.6. The lowest BCUT2D eigenvalue weighted by molar-refractivity contribution is -0.158. The first-order valence-electron chi connectivity index (χ1n) is 8.44. The molecule has 0 unspecified atom stereocenters. The van der Waals surface area contributed by atoms with E-state index in [2.05, 4.69) is 6.07 Å². The van der Waals surface area contributed by atoms with E-state index in [-0.39, 0.29) is 0 Å². The van der Waals surface area contributed by atoms with E-state index in [0.29, 0.717) is 11.1 Å². The van der Waals surface area contributed by atoms with E-state index in [1.165, 1.54) is 14.2 Å². The fraction of sp³-hybridized carbons (Fsp3) is 0.286. The second-order valence-corrected chi connectivity index (χ2v) is 6.21. The Labute approximate surface area is 157 Å². The number of esters is 2. The highest BCUT2D eigenvalue weighted by molar-refractivity contribution is 5.85. The number of ether oxygens (including phenoxy) is 3. The van der Waals surface area contributed by atoms with Crippen molar-refractivity contribution in [2.24, 2.45) is 11.8 Å². The summed E-state index contributed by atoms with van der Waals surface area (Å²) < 4.78 is 16.1. The minimum absolute atomic E-state index is 0.482. The van der Waals surface area contributed by atoms with Gasteiger partial charge >= 0.3 is 11.9 Å². The van der Waals surface area contributed by atoms with Crippen molar-refractivity contribution in [3.05, 3.63) is 71.8 Å². The predicted octanol–water partition coefficient (Wildman–Crippen LogP) is 2.76. The van der Waals surface area contributed by atoms with Crippen molar-refractivity contribution in [1.82, 2.24) is 0 Å². The highest BCUT2D eigenvalue weighted by atomic mass is 16.6. The van der Waals surface area contributed by atoms with Gasteiger partial charge in [-0.3, -0.25) is 9.59 Å². The Morgan fingerprint density at radius 3 is 2.04 bits per heavy atom. The highest BCUT2D eigenvalue weighted by Crippen LogP contribution is 2.53. The average molecular weight is 365 g/mol. The number of benzene rings is 2. The Hall–Kier alpha value is -3.17. The molecule has 27 heavy (non-hydrogen) atoms. The number of nitrogens with zero attached hydrogens (tertiary/aromatic N) is 1. The van der Waals surface area contributed by atoms with Crippen LogP contribution in [0.15, 0.2) is 60.7 Å². The Bertz CT molecular complexity index is 861. The number of methoxy groups -OCH3 is 2. The number of rotatable bonds is 4. The van der Waals surface area contributed by atoms with Gasteiger partial charge in [0.2, 0.25) is 0 Å². The second kappa shape index (κ2) is 7.60. The van der Waals surface area contributed by atoms with Crippen LogP contribution in [0.2, 0.25) is 0 Å². The number of nitriles is 1. The van der Waals surface area contributed by atoms with Crippen LogP contribution in [-0.2, 0) is 29.4 Å². The van der Waals surface area contributed by atoms with Gasteiger partial charge in [-0.25, -0.2) is 0 Å². The lowest BCUT2D eigenvalue weighted by atomic mass is 9.75. The summed E-state index contributed by atoms with van der Waals surface area (Å²) in [5, 5.41) is 10.1. The van der Waals surface area contributed by atoms with Gasteiger partial charge in [0.25, 0.3) is 0 Å². The average Bonchev–Trinajstić information content (AvgIpc) is 3.10. The summed E-state index contributed by atoms with van der Waals surface area (Å²) in [6, 6.07) is 19.8. The molecule has 0 radical (unpaired) electrons. The van der Waals surface area contributed by atoms with Crippen LogP contribution in [0.25, 0.3) is 0 Å². The van der Waals surface area contributed by atoms with Crippen LogP contribution in [0, 0.1) is 23.2 Å². The fourth-order valence-electron chi connectivity index (χ4n) is 3.62. The molecule has 1 aliphatic rings. The minimum atomic E-state index is -1.67. The molecule has 138 valence electrons. The molecule has 0 N–H and O–H groups in total. The molecule has 6 heteroatoms. The summed E-state index contributed by atoms with van der Waals surface area (Å²) in [5.41, 5.74) is -0.515. The van der Waals surface area contributed by atoms with E-state index in [9.17, 15) is 14.9 Å². The van der Waals surface area contributed by atoms with E-state index >= 15 is 0 Å². The van der Waals surface area contributed by atoms with Crippen molar-refractivity contribution in [2.75, 3.05) is 14.2 Å². The minimum Gasteiger partial charge on any atom is -0.469 e. The quantitative estimate of drug-likeness (QED) is 0.775. The Morgan fingerprint density at radius 2 is 1.52 bits per heavy atom. The van der Waals surface area contributed by atoms with Gasteiger partial charge in [0, 0.05) is 0 Å². The van der Waals surface area contributed by atoms with Crippen LogP contribution in [0.5, 0.6) is 0 Å². The Kier molecular flexibility index (Phi) is 5.24. The molecule has 0 saturated carbocycles. The normalized spacial score (nSPS) is 26.8. The van der Waals surface area contributed by atoms with E-state index < -0.39 is 35.5 Å². The van der Waals surface area contributed by atoms with Crippen molar-refractivity contribution in [1.29, 1.82) is 5.26 Å². The van der Waals surface area contributed by atoms with Gasteiger partial charge in [-0.2, -0.15) is 5.26 Å². The van der Waals surface area contributed by atoms with Crippen molar-refractivity contribution < 1.29 is 23.8 Å². The molecule has 1 aliphatic heterocycles. The molecule has 1 saturated heterocycles. The van der Waals surface area contributed by atoms with Gasteiger partial charge in [-0.1, -0.05) is 60.7 Å². The molecular weight excluding hydrogens is 346 g/mol. The summed E-state index contributed by atoms with van der Waals surface area (Å²) in [7, 11) is 2.47. The number of carbonyl (C=O) groups is 2. The molecule has 2 aromatic carbocycles. The summed E-state index contributed by atoms with van der Waals surface area (Å²) in [5.74, 6) is -3.53. The van der Waals surface area contributed by atoms with Crippen molar-refractivity contribution in [2.45, 2.75) is 11.7 Å². The maximum absolute atomic E-state index is 12.7. The van der Waals surface area contributed by atoms with Crippen LogP contribution in [0.1, 0.15) is 17.2 Å². The third-order valence-corrected chi connectivity index (χ3v) is 4.86. The summed E-state index contributed by atoms with van der Waals surface area (Å²) >= 11 is 0. The van der Waals surface area contributed by atoms with Crippen molar-refractivity contribution in [3.63, 3.8) is 0 Å². The zero-order valence-electron chi connectivity index (χ0n) is 15.0. The molecule has 0 aromatic heterocycles. The van der Waals surface area contributed by atoms with Crippen molar-refractivity contribution >= 4 is 11.9 Å². The maximum Gasteiger partial charge on any atom is 0.314 e. The summed E-state index contributed by atoms with van der Waals surface area (Å²) in [6.07, 6.45) is -0.831. The summed E-state index contributed by atoms with van der Waals surface area (Å²) in [4.78, 5) is 25.4. The molecule has 4 atom stereocenters. The molecule has 1 heterocycles. The van der Waals surface area contributed by atoms with Gasteiger partial charge < -0.3 is 14.2 Å². The lowest BCUT2D eigenvalue weighted by Gasteiger charge is -2.27.